The highest BCUT2D eigenvalue weighted by atomic mass is 35.5. The summed E-state index contributed by atoms with van der Waals surface area (Å²) in [6.45, 7) is 1.88. The lowest BCUT2D eigenvalue weighted by atomic mass is 10.1. The minimum absolute atomic E-state index is 0.212. The second kappa shape index (κ2) is 10.8. The summed E-state index contributed by atoms with van der Waals surface area (Å²) in [5.41, 5.74) is 3.16. The summed E-state index contributed by atoms with van der Waals surface area (Å²) in [6.07, 6.45) is 3.30. The van der Waals surface area contributed by atoms with E-state index in [1.165, 1.54) is 18.5 Å². The molecule has 0 spiro atoms. The average molecular weight is 518 g/mol. The summed E-state index contributed by atoms with van der Waals surface area (Å²) < 4.78 is 19.2. The van der Waals surface area contributed by atoms with Crippen molar-refractivity contribution in [3.8, 4) is 5.75 Å². The summed E-state index contributed by atoms with van der Waals surface area (Å²) in [5, 5.41) is 10.9. The lowest BCUT2D eigenvalue weighted by molar-refractivity contribution is 0.306. The van der Waals surface area contributed by atoms with E-state index in [9.17, 15) is 4.39 Å². The van der Waals surface area contributed by atoms with Crippen molar-refractivity contribution < 1.29 is 9.13 Å². The fourth-order valence-electron chi connectivity index (χ4n) is 3.95. The lowest BCUT2D eigenvalue weighted by Gasteiger charge is -2.19. The molecule has 0 unspecified atom stereocenters. The van der Waals surface area contributed by atoms with E-state index < -0.39 is 0 Å². The fourth-order valence-corrected chi connectivity index (χ4v) is 4.18. The van der Waals surface area contributed by atoms with Crippen LogP contribution in [0.15, 0.2) is 77.1 Å². The molecule has 0 atom stereocenters. The first-order chi connectivity index (χ1) is 18.0. The molecule has 0 aliphatic carbocycles. The third-order valence-electron chi connectivity index (χ3n) is 5.84. The molecule has 1 aliphatic rings. The molecule has 1 aromatic heterocycles. The molecule has 4 aromatic rings. The standard InChI is InChI=1S/C27H25ClFN7O/c1-35-11-10-30-27(35)36(2)33-15-18-6-8-24-22(13-18)26(32-17-31-24)34-21-7-9-25(23(28)14-21)37-16-19-4-3-5-20(29)12-19/h3-9,12-15,17H,10-11,16H2,1-2H3,(H,31,32,34)/b33-15+. The SMILES string of the molecule is CN1CCN=C1N(C)/N=C/c1ccc2ncnc(Nc3ccc(OCc4cccc(F)c4)c(Cl)c3)c2c1. The molecule has 0 saturated carbocycles. The number of ether oxygens (including phenoxy) is 1. The molecule has 5 rings (SSSR count). The molecular formula is C27H25ClFN7O. The first-order valence-electron chi connectivity index (χ1n) is 11.7. The van der Waals surface area contributed by atoms with E-state index in [4.69, 9.17) is 16.3 Å². The molecule has 37 heavy (non-hydrogen) atoms. The maximum absolute atomic E-state index is 13.4. The van der Waals surface area contributed by atoms with Gasteiger partial charge in [0.05, 0.1) is 23.3 Å². The minimum Gasteiger partial charge on any atom is -0.487 e. The van der Waals surface area contributed by atoms with Crippen LogP contribution in [0, 0.1) is 5.82 Å². The number of nitrogens with zero attached hydrogens (tertiary/aromatic N) is 6. The van der Waals surface area contributed by atoms with Crippen molar-refractivity contribution in [3.05, 3.63) is 89.0 Å². The van der Waals surface area contributed by atoms with Crippen molar-refractivity contribution in [2.24, 2.45) is 10.1 Å². The van der Waals surface area contributed by atoms with Crippen molar-refractivity contribution in [1.82, 2.24) is 19.9 Å². The van der Waals surface area contributed by atoms with Crippen molar-refractivity contribution in [2.45, 2.75) is 6.61 Å². The van der Waals surface area contributed by atoms with Crippen molar-refractivity contribution >= 4 is 46.2 Å². The van der Waals surface area contributed by atoms with Crippen LogP contribution in [0.5, 0.6) is 5.75 Å². The van der Waals surface area contributed by atoms with Gasteiger partial charge in [-0.3, -0.25) is 0 Å². The largest absolute Gasteiger partial charge is 0.487 e. The van der Waals surface area contributed by atoms with Gasteiger partial charge in [0.2, 0.25) is 5.96 Å². The number of likely N-dealkylation sites (N-methyl/N-ethyl adjacent to an activating group) is 1. The average Bonchev–Trinajstić information content (AvgIpc) is 3.33. The monoisotopic (exact) mass is 517 g/mol. The Morgan fingerprint density at radius 1 is 1.16 bits per heavy atom. The topological polar surface area (TPSA) is 78.2 Å². The number of hydrazone groups is 1. The maximum atomic E-state index is 13.4. The maximum Gasteiger partial charge on any atom is 0.217 e. The molecule has 0 bridgehead atoms. The van der Waals surface area contributed by atoms with Crippen molar-refractivity contribution in [3.63, 3.8) is 0 Å². The Kier molecular flexibility index (Phi) is 7.14. The second-order valence-electron chi connectivity index (χ2n) is 8.56. The molecule has 0 fully saturated rings. The number of benzene rings is 3. The van der Waals surface area contributed by atoms with E-state index in [1.807, 2.05) is 38.4 Å². The highest BCUT2D eigenvalue weighted by Crippen LogP contribution is 2.31. The molecule has 10 heteroatoms. The molecule has 1 N–H and O–H groups in total. The van der Waals surface area contributed by atoms with Gasteiger partial charge >= 0.3 is 0 Å². The third-order valence-corrected chi connectivity index (χ3v) is 6.13. The third kappa shape index (κ3) is 5.78. The van der Waals surface area contributed by atoms with Crippen LogP contribution in [0.1, 0.15) is 11.1 Å². The summed E-state index contributed by atoms with van der Waals surface area (Å²) in [4.78, 5) is 15.4. The van der Waals surface area contributed by atoms with E-state index in [-0.39, 0.29) is 12.4 Å². The Labute approximate surface area is 219 Å². The highest BCUT2D eigenvalue weighted by Gasteiger charge is 2.16. The van der Waals surface area contributed by atoms with Gasteiger partial charge in [-0.25, -0.2) is 24.4 Å². The predicted molar refractivity (Wildman–Crippen MR) is 145 cm³/mol. The molecular weight excluding hydrogens is 493 g/mol. The quantitative estimate of drug-likeness (QED) is 0.264. The van der Waals surface area contributed by atoms with Crippen LogP contribution < -0.4 is 10.1 Å². The zero-order chi connectivity index (χ0) is 25.8. The Morgan fingerprint density at radius 3 is 2.84 bits per heavy atom. The Morgan fingerprint density at radius 2 is 2.05 bits per heavy atom. The van der Waals surface area contributed by atoms with Crippen LogP contribution >= 0.6 is 11.6 Å². The minimum atomic E-state index is -0.305. The molecule has 0 saturated heterocycles. The molecule has 8 nitrogen and oxygen atoms in total. The van der Waals surface area contributed by atoms with Gasteiger partial charge in [-0.05, 0) is 53.6 Å². The molecule has 2 heterocycles. The zero-order valence-electron chi connectivity index (χ0n) is 20.4. The second-order valence-corrected chi connectivity index (χ2v) is 8.97. The molecule has 1 aliphatic heterocycles. The highest BCUT2D eigenvalue weighted by molar-refractivity contribution is 6.32. The number of anilines is 2. The van der Waals surface area contributed by atoms with Gasteiger partial charge in [0.25, 0.3) is 0 Å². The first kappa shape index (κ1) is 24.5. The van der Waals surface area contributed by atoms with Gasteiger partial charge in [-0.1, -0.05) is 29.8 Å². The van der Waals surface area contributed by atoms with E-state index in [2.05, 4.69) is 30.3 Å². The number of hydrogen-bond acceptors (Lipinski definition) is 8. The number of fused-ring (bicyclic) bond motifs is 1. The van der Waals surface area contributed by atoms with E-state index in [1.54, 1.807) is 35.5 Å². The number of aromatic nitrogens is 2. The Hall–Kier alpha value is -4.24. The smallest absolute Gasteiger partial charge is 0.217 e. The summed E-state index contributed by atoms with van der Waals surface area (Å²) >= 11 is 6.46. The van der Waals surface area contributed by atoms with Crippen LogP contribution in [0.25, 0.3) is 10.9 Å². The normalized spacial score (nSPS) is 13.3. The zero-order valence-corrected chi connectivity index (χ0v) is 21.2. The number of rotatable bonds is 7. The Balaban J connectivity index is 1.32. The Bertz CT molecular complexity index is 1490. The van der Waals surface area contributed by atoms with Crippen LogP contribution in [0.2, 0.25) is 5.02 Å². The number of aliphatic imine (C=N–C) groups is 1. The molecule has 188 valence electrons. The molecule has 3 aromatic carbocycles. The van der Waals surface area contributed by atoms with E-state index in [0.29, 0.717) is 16.6 Å². The van der Waals surface area contributed by atoms with Gasteiger partial charge in [-0.2, -0.15) is 5.10 Å². The van der Waals surface area contributed by atoms with Crippen LogP contribution in [-0.4, -0.2) is 59.2 Å². The van der Waals surface area contributed by atoms with Crippen molar-refractivity contribution in [1.29, 1.82) is 0 Å². The summed E-state index contributed by atoms with van der Waals surface area (Å²) in [7, 11) is 3.88. The number of nitrogens with one attached hydrogen (secondary N) is 1. The molecule has 0 amide bonds. The first-order valence-corrected chi connectivity index (χ1v) is 12.1. The van der Waals surface area contributed by atoms with Gasteiger partial charge in [-0.15, -0.1) is 0 Å². The van der Waals surface area contributed by atoms with Crippen molar-refractivity contribution in [2.75, 3.05) is 32.5 Å². The summed E-state index contributed by atoms with van der Waals surface area (Å²) in [5.74, 6) is 1.67. The van der Waals surface area contributed by atoms with Crippen LogP contribution in [0.3, 0.4) is 0 Å². The van der Waals surface area contributed by atoms with E-state index >= 15 is 0 Å². The fraction of sp³-hybridized carbons (Fsp3) is 0.185. The number of guanidine groups is 1. The lowest BCUT2D eigenvalue weighted by Crippen LogP contribution is -2.34. The predicted octanol–water partition coefficient (Wildman–Crippen LogP) is 5.31. The van der Waals surface area contributed by atoms with Gasteiger partial charge < -0.3 is 15.0 Å². The van der Waals surface area contributed by atoms with E-state index in [0.717, 1.165) is 46.8 Å². The molecule has 0 radical (unpaired) electrons. The number of halogens is 2. The van der Waals surface area contributed by atoms with Gasteiger partial charge in [0.15, 0.2) is 0 Å². The van der Waals surface area contributed by atoms with Crippen LogP contribution in [0.4, 0.5) is 15.9 Å². The summed E-state index contributed by atoms with van der Waals surface area (Å²) in [6, 6.07) is 17.5. The van der Waals surface area contributed by atoms with Gasteiger partial charge in [0, 0.05) is 31.7 Å². The van der Waals surface area contributed by atoms with Crippen LogP contribution in [-0.2, 0) is 6.61 Å². The number of hydrogen-bond donors (Lipinski definition) is 1. The van der Waals surface area contributed by atoms with Gasteiger partial charge in [0.1, 0.15) is 30.3 Å².